The molecule has 0 saturated heterocycles. The molecule has 0 saturated carbocycles. The summed E-state index contributed by atoms with van der Waals surface area (Å²) >= 11 is 0. The van der Waals surface area contributed by atoms with Crippen molar-refractivity contribution in [3.63, 3.8) is 0 Å². The van der Waals surface area contributed by atoms with Crippen molar-refractivity contribution in [2.24, 2.45) is 9.98 Å². The lowest BCUT2D eigenvalue weighted by Gasteiger charge is -2.21. The molecule has 0 aromatic heterocycles. The molecule has 3 rings (SSSR count). The molecule has 2 amide bonds. The van der Waals surface area contributed by atoms with Crippen LogP contribution in [0.2, 0.25) is 0 Å². The molecule has 0 spiro atoms. The van der Waals surface area contributed by atoms with Crippen LogP contribution in [0.1, 0.15) is 42.4 Å². The second-order valence-corrected chi connectivity index (χ2v) is 9.33. The van der Waals surface area contributed by atoms with Gasteiger partial charge in [-0.2, -0.15) is 0 Å². The van der Waals surface area contributed by atoms with Gasteiger partial charge in [-0.25, -0.2) is 9.59 Å². The molecule has 0 fully saturated rings. The summed E-state index contributed by atoms with van der Waals surface area (Å²) in [5, 5.41) is 14.9. The van der Waals surface area contributed by atoms with Crippen LogP contribution >= 0.6 is 0 Å². The van der Waals surface area contributed by atoms with E-state index in [0.29, 0.717) is 25.9 Å². The SMILES string of the molecule is O=C(N[C@@H](CCCN=Cc1ccccc1)C(=O)N[C@@H](CCCN=Cc1ccccc1)C(=O)O)OCc1ccccc1. The molecule has 3 aromatic carbocycles. The van der Waals surface area contributed by atoms with E-state index in [2.05, 4.69) is 20.6 Å². The lowest BCUT2D eigenvalue weighted by molar-refractivity contribution is -0.142. The van der Waals surface area contributed by atoms with E-state index in [1.165, 1.54) is 0 Å². The minimum absolute atomic E-state index is 0.0453. The third-order valence-corrected chi connectivity index (χ3v) is 6.08. The number of amides is 2. The maximum atomic E-state index is 13.1. The van der Waals surface area contributed by atoms with Crippen molar-refractivity contribution in [1.82, 2.24) is 10.6 Å². The standard InChI is InChI=1S/C32H36N4O5/c37-30(35-29(31(38)39)19-11-21-34-23-26-14-6-2-7-15-26)28(18-10-20-33-22-25-12-4-1-5-13-25)36-32(40)41-24-27-16-8-3-9-17-27/h1-9,12-17,22-23,28-29H,10-11,18-21,24H2,(H,35,37)(H,36,40)(H,38,39)/t28-,29-/m0/s1. The average Bonchev–Trinajstić information content (AvgIpc) is 3.00. The molecule has 0 aliphatic heterocycles. The van der Waals surface area contributed by atoms with Gasteiger partial charge in [0.25, 0.3) is 0 Å². The maximum absolute atomic E-state index is 13.1. The van der Waals surface area contributed by atoms with E-state index >= 15 is 0 Å². The Bertz CT molecular complexity index is 1270. The summed E-state index contributed by atoms with van der Waals surface area (Å²) in [4.78, 5) is 46.2. The van der Waals surface area contributed by atoms with Crippen LogP contribution < -0.4 is 10.6 Å². The number of nitrogens with zero attached hydrogens (tertiary/aromatic N) is 2. The van der Waals surface area contributed by atoms with E-state index in [1.807, 2.05) is 91.0 Å². The number of carboxylic acids is 1. The first-order valence-corrected chi connectivity index (χ1v) is 13.6. The summed E-state index contributed by atoms with van der Waals surface area (Å²) in [5.41, 5.74) is 2.72. The second kappa shape index (κ2) is 17.7. The summed E-state index contributed by atoms with van der Waals surface area (Å²) in [5.74, 6) is -1.74. The topological polar surface area (TPSA) is 129 Å². The fraction of sp³-hybridized carbons (Fsp3) is 0.281. The number of rotatable bonds is 16. The van der Waals surface area contributed by atoms with Gasteiger partial charge >= 0.3 is 12.1 Å². The Morgan fingerprint density at radius 3 is 1.71 bits per heavy atom. The Balaban J connectivity index is 1.53. The smallest absolute Gasteiger partial charge is 0.408 e. The van der Waals surface area contributed by atoms with Gasteiger partial charge in [-0.05, 0) is 42.4 Å². The Morgan fingerprint density at radius 2 is 1.20 bits per heavy atom. The van der Waals surface area contributed by atoms with E-state index in [0.717, 1.165) is 16.7 Å². The van der Waals surface area contributed by atoms with Gasteiger partial charge in [0.2, 0.25) is 5.91 Å². The van der Waals surface area contributed by atoms with Gasteiger partial charge < -0.3 is 20.5 Å². The first kappa shape index (κ1) is 30.7. The Morgan fingerprint density at radius 1 is 0.707 bits per heavy atom. The zero-order valence-corrected chi connectivity index (χ0v) is 22.9. The number of nitrogens with one attached hydrogen (secondary N) is 2. The second-order valence-electron chi connectivity index (χ2n) is 9.33. The number of hydrogen-bond donors (Lipinski definition) is 3. The molecule has 0 aliphatic carbocycles. The molecule has 2 atom stereocenters. The first-order chi connectivity index (χ1) is 20.0. The molecule has 9 heteroatoms. The minimum atomic E-state index is -1.15. The molecule has 41 heavy (non-hydrogen) atoms. The normalized spacial score (nSPS) is 12.6. The van der Waals surface area contributed by atoms with Crippen molar-refractivity contribution in [2.75, 3.05) is 13.1 Å². The van der Waals surface area contributed by atoms with Crippen LogP contribution in [0.25, 0.3) is 0 Å². The third kappa shape index (κ3) is 12.3. The monoisotopic (exact) mass is 556 g/mol. The maximum Gasteiger partial charge on any atom is 0.408 e. The van der Waals surface area contributed by atoms with E-state index < -0.39 is 30.1 Å². The minimum Gasteiger partial charge on any atom is -0.480 e. The highest BCUT2D eigenvalue weighted by molar-refractivity contribution is 5.89. The molecule has 3 N–H and O–H groups in total. The van der Waals surface area contributed by atoms with E-state index in [1.54, 1.807) is 12.4 Å². The lowest BCUT2D eigenvalue weighted by Crippen LogP contribution is -2.51. The number of carboxylic acid groups (broad SMARTS) is 1. The van der Waals surface area contributed by atoms with E-state index in [9.17, 15) is 19.5 Å². The highest BCUT2D eigenvalue weighted by Crippen LogP contribution is 2.06. The van der Waals surface area contributed by atoms with Crippen LogP contribution in [0.4, 0.5) is 4.79 Å². The molecule has 0 heterocycles. The first-order valence-electron chi connectivity index (χ1n) is 13.6. The van der Waals surface area contributed by atoms with Crippen LogP contribution in [-0.4, -0.2) is 60.7 Å². The number of carbonyl (C=O) groups excluding carboxylic acids is 2. The molecule has 9 nitrogen and oxygen atoms in total. The summed E-state index contributed by atoms with van der Waals surface area (Å²) in [6.45, 7) is 0.895. The third-order valence-electron chi connectivity index (χ3n) is 6.08. The van der Waals surface area contributed by atoms with Gasteiger partial charge in [0.1, 0.15) is 18.7 Å². The molecule has 0 unspecified atom stereocenters. The van der Waals surface area contributed by atoms with Crippen LogP contribution in [0, 0.1) is 0 Å². The van der Waals surface area contributed by atoms with Gasteiger partial charge in [0, 0.05) is 25.5 Å². The Hall–Kier alpha value is -4.79. The van der Waals surface area contributed by atoms with Crippen molar-refractivity contribution in [1.29, 1.82) is 0 Å². The number of alkyl carbamates (subject to hydrolysis) is 1. The molecule has 0 bridgehead atoms. The Labute approximate surface area is 240 Å². The average molecular weight is 557 g/mol. The molecular weight excluding hydrogens is 520 g/mol. The molecule has 0 aliphatic rings. The summed E-state index contributed by atoms with van der Waals surface area (Å²) in [7, 11) is 0. The number of hydrogen-bond acceptors (Lipinski definition) is 6. The van der Waals surface area contributed by atoms with Crippen LogP contribution in [0.3, 0.4) is 0 Å². The van der Waals surface area contributed by atoms with Gasteiger partial charge in [-0.15, -0.1) is 0 Å². The fourth-order valence-corrected chi connectivity index (χ4v) is 3.90. The van der Waals surface area contributed by atoms with Gasteiger partial charge in [0.05, 0.1) is 0 Å². The van der Waals surface area contributed by atoms with Gasteiger partial charge in [0.15, 0.2) is 0 Å². The van der Waals surface area contributed by atoms with Gasteiger partial charge in [-0.1, -0.05) is 91.0 Å². The number of carbonyl (C=O) groups is 3. The number of ether oxygens (including phenoxy) is 1. The predicted octanol–water partition coefficient (Wildman–Crippen LogP) is 4.65. The zero-order chi connectivity index (χ0) is 29.1. The van der Waals surface area contributed by atoms with Crippen LogP contribution in [-0.2, 0) is 20.9 Å². The summed E-state index contributed by atoms with van der Waals surface area (Å²) in [6.07, 6.45) is 4.13. The summed E-state index contributed by atoms with van der Waals surface area (Å²) in [6, 6.07) is 26.3. The van der Waals surface area contributed by atoms with Crippen molar-refractivity contribution < 1.29 is 24.2 Å². The number of benzene rings is 3. The number of aliphatic carboxylic acids is 1. The predicted molar refractivity (Wildman–Crippen MR) is 159 cm³/mol. The number of aliphatic imine (C=N–C) groups is 2. The largest absolute Gasteiger partial charge is 0.480 e. The highest BCUT2D eigenvalue weighted by atomic mass is 16.5. The van der Waals surface area contributed by atoms with Crippen molar-refractivity contribution >= 4 is 30.4 Å². The highest BCUT2D eigenvalue weighted by Gasteiger charge is 2.26. The molecule has 214 valence electrons. The molecular formula is C32H36N4O5. The van der Waals surface area contributed by atoms with Gasteiger partial charge in [-0.3, -0.25) is 14.8 Å². The van der Waals surface area contributed by atoms with Crippen molar-refractivity contribution in [2.45, 2.75) is 44.4 Å². The summed E-state index contributed by atoms with van der Waals surface area (Å²) < 4.78 is 5.28. The lowest BCUT2D eigenvalue weighted by atomic mass is 10.1. The fourth-order valence-electron chi connectivity index (χ4n) is 3.90. The van der Waals surface area contributed by atoms with E-state index in [-0.39, 0.29) is 19.4 Å². The molecule has 0 radical (unpaired) electrons. The van der Waals surface area contributed by atoms with Crippen LogP contribution in [0.5, 0.6) is 0 Å². The van der Waals surface area contributed by atoms with E-state index in [4.69, 9.17) is 4.74 Å². The Kier molecular flexibility index (Phi) is 13.3. The zero-order valence-electron chi connectivity index (χ0n) is 22.9. The molecule has 3 aromatic rings. The van der Waals surface area contributed by atoms with Crippen molar-refractivity contribution in [3.05, 3.63) is 108 Å². The quantitative estimate of drug-likeness (QED) is 0.175. The van der Waals surface area contributed by atoms with Crippen molar-refractivity contribution in [3.8, 4) is 0 Å². The van der Waals surface area contributed by atoms with Crippen LogP contribution in [0.15, 0.2) is 101 Å².